The van der Waals surface area contributed by atoms with Crippen LogP contribution in [-0.4, -0.2) is 10.2 Å². The minimum absolute atomic E-state index is 0.152. The van der Waals surface area contributed by atoms with Crippen LogP contribution in [-0.2, 0) is 0 Å². The molecule has 0 saturated heterocycles. The van der Waals surface area contributed by atoms with Crippen LogP contribution in [0.1, 0.15) is 25.3 Å². The van der Waals surface area contributed by atoms with Gasteiger partial charge < -0.3 is 10.2 Å². The van der Waals surface area contributed by atoms with Gasteiger partial charge in [-0.05, 0) is 41.3 Å². The molecule has 0 bridgehead atoms. The molecule has 2 aromatic carbocycles. The van der Waals surface area contributed by atoms with Crippen molar-refractivity contribution in [2.24, 2.45) is 0 Å². The van der Waals surface area contributed by atoms with Gasteiger partial charge >= 0.3 is 0 Å². The van der Waals surface area contributed by atoms with Gasteiger partial charge in [-0.2, -0.15) is 0 Å². The highest BCUT2D eigenvalue weighted by Gasteiger charge is 2.12. The Morgan fingerprint density at radius 1 is 1.00 bits per heavy atom. The molecule has 0 saturated carbocycles. The lowest BCUT2D eigenvalue weighted by Gasteiger charge is -2.12. The van der Waals surface area contributed by atoms with Crippen molar-refractivity contribution >= 4 is 0 Å². The number of halogens is 1. The second-order valence-electron chi connectivity index (χ2n) is 4.60. The van der Waals surface area contributed by atoms with E-state index in [-0.39, 0.29) is 23.2 Å². The Balaban J connectivity index is 2.59. The maximum Gasteiger partial charge on any atom is 0.165 e. The number of hydrogen-bond donors (Lipinski definition) is 2. The number of hydrogen-bond acceptors (Lipinski definition) is 2. The van der Waals surface area contributed by atoms with Crippen molar-refractivity contribution in [1.82, 2.24) is 0 Å². The molecule has 0 unspecified atom stereocenters. The molecule has 0 aliphatic rings. The lowest BCUT2D eigenvalue weighted by atomic mass is 9.96. The molecular weight excluding hydrogens is 231 g/mol. The van der Waals surface area contributed by atoms with E-state index < -0.39 is 0 Å². The molecule has 0 atom stereocenters. The molecule has 0 spiro atoms. The van der Waals surface area contributed by atoms with E-state index in [1.807, 2.05) is 19.9 Å². The van der Waals surface area contributed by atoms with Gasteiger partial charge in [0.25, 0.3) is 0 Å². The number of phenolic OH excluding ortho intramolecular Hbond substituents is 2. The maximum absolute atomic E-state index is 12.9. The van der Waals surface area contributed by atoms with Crippen LogP contribution in [0.15, 0.2) is 36.4 Å². The Kier molecular flexibility index (Phi) is 3.24. The zero-order valence-electron chi connectivity index (χ0n) is 10.3. The van der Waals surface area contributed by atoms with Crippen LogP contribution in [0.5, 0.6) is 11.5 Å². The second-order valence-corrected chi connectivity index (χ2v) is 4.60. The van der Waals surface area contributed by atoms with Crippen LogP contribution in [0, 0.1) is 5.82 Å². The molecule has 2 N–H and O–H groups in total. The fraction of sp³-hybridized carbons (Fsp3) is 0.200. The number of phenols is 2. The van der Waals surface area contributed by atoms with Gasteiger partial charge in [-0.3, -0.25) is 0 Å². The Labute approximate surface area is 105 Å². The van der Waals surface area contributed by atoms with Gasteiger partial charge in [-0.1, -0.05) is 26.0 Å². The topological polar surface area (TPSA) is 40.5 Å². The van der Waals surface area contributed by atoms with Gasteiger partial charge in [0.2, 0.25) is 0 Å². The predicted molar refractivity (Wildman–Crippen MR) is 69.3 cm³/mol. The highest BCUT2D eigenvalue weighted by atomic mass is 19.1. The average molecular weight is 246 g/mol. The standard InChI is InChI=1S/C15H15FO2/c1-9(2)11-7-13(15(18)14(17)8-11)10-3-5-12(16)6-4-10/h3-9,17-18H,1-2H3. The second kappa shape index (κ2) is 4.69. The van der Waals surface area contributed by atoms with Crippen molar-refractivity contribution in [2.45, 2.75) is 19.8 Å². The predicted octanol–water partition coefficient (Wildman–Crippen LogP) is 4.03. The van der Waals surface area contributed by atoms with Gasteiger partial charge in [0.05, 0.1) is 0 Å². The van der Waals surface area contributed by atoms with E-state index in [1.165, 1.54) is 12.1 Å². The van der Waals surface area contributed by atoms with Gasteiger partial charge in [0, 0.05) is 5.56 Å². The number of aromatic hydroxyl groups is 2. The SMILES string of the molecule is CC(C)c1cc(O)c(O)c(-c2ccc(F)cc2)c1. The molecule has 0 aliphatic heterocycles. The average Bonchev–Trinajstić information content (AvgIpc) is 2.33. The third kappa shape index (κ3) is 2.30. The van der Waals surface area contributed by atoms with Crippen LogP contribution >= 0.6 is 0 Å². The fourth-order valence-corrected chi connectivity index (χ4v) is 1.82. The lowest BCUT2D eigenvalue weighted by Crippen LogP contribution is -1.90. The fourth-order valence-electron chi connectivity index (χ4n) is 1.82. The van der Waals surface area contributed by atoms with Crippen LogP contribution in [0.4, 0.5) is 4.39 Å². The monoisotopic (exact) mass is 246 g/mol. The molecule has 0 heterocycles. The third-order valence-electron chi connectivity index (χ3n) is 2.93. The summed E-state index contributed by atoms with van der Waals surface area (Å²) in [5, 5.41) is 19.6. The minimum atomic E-state index is -0.331. The summed E-state index contributed by atoms with van der Waals surface area (Å²) in [5.41, 5.74) is 2.11. The summed E-state index contributed by atoms with van der Waals surface area (Å²) in [5.74, 6) is -0.426. The van der Waals surface area contributed by atoms with Gasteiger partial charge in [-0.25, -0.2) is 4.39 Å². The van der Waals surface area contributed by atoms with Crippen molar-refractivity contribution in [1.29, 1.82) is 0 Å². The summed E-state index contributed by atoms with van der Waals surface area (Å²) in [6.07, 6.45) is 0. The molecule has 2 nitrogen and oxygen atoms in total. The first-order valence-electron chi connectivity index (χ1n) is 5.81. The van der Waals surface area contributed by atoms with E-state index in [9.17, 15) is 14.6 Å². The van der Waals surface area contributed by atoms with Crippen LogP contribution in [0.3, 0.4) is 0 Å². The summed E-state index contributed by atoms with van der Waals surface area (Å²) in [7, 11) is 0. The molecule has 0 radical (unpaired) electrons. The first-order chi connectivity index (χ1) is 8.49. The maximum atomic E-state index is 12.9. The minimum Gasteiger partial charge on any atom is -0.504 e. The Morgan fingerprint density at radius 2 is 1.61 bits per heavy atom. The Morgan fingerprint density at radius 3 is 2.17 bits per heavy atom. The summed E-state index contributed by atoms with van der Waals surface area (Å²) >= 11 is 0. The summed E-state index contributed by atoms with van der Waals surface area (Å²) in [6.45, 7) is 4.00. The number of benzene rings is 2. The normalized spacial score (nSPS) is 10.9. The zero-order valence-corrected chi connectivity index (χ0v) is 10.3. The summed E-state index contributed by atoms with van der Waals surface area (Å²) in [6, 6.07) is 9.17. The van der Waals surface area contributed by atoms with Crippen LogP contribution in [0.2, 0.25) is 0 Å². The molecule has 94 valence electrons. The van der Waals surface area contributed by atoms with Crippen molar-refractivity contribution in [3.63, 3.8) is 0 Å². The van der Waals surface area contributed by atoms with Crippen molar-refractivity contribution < 1.29 is 14.6 Å². The van der Waals surface area contributed by atoms with Crippen LogP contribution < -0.4 is 0 Å². The summed E-state index contributed by atoms with van der Waals surface area (Å²) in [4.78, 5) is 0. The quantitative estimate of drug-likeness (QED) is 0.785. The molecular formula is C15H15FO2. The third-order valence-corrected chi connectivity index (χ3v) is 2.93. The van der Waals surface area contributed by atoms with E-state index in [1.54, 1.807) is 18.2 Å². The largest absolute Gasteiger partial charge is 0.504 e. The van der Waals surface area contributed by atoms with E-state index >= 15 is 0 Å². The number of rotatable bonds is 2. The summed E-state index contributed by atoms with van der Waals surface area (Å²) < 4.78 is 12.9. The first-order valence-corrected chi connectivity index (χ1v) is 5.81. The Bertz CT molecular complexity index is 559. The van der Waals surface area contributed by atoms with Crippen molar-refractivity contribution in [3.8, 4) is 22.6 Å². The lowest BCUT2D eigenvalue weighted by molar-refractivity contribution is 0.404. The van der Waals surface area contributed by atoms with Crippen molar-refractivity contribution in [3.05, 3.63) is 47.8 Å². The van der Waals surface area contributed by atoms with Gasteiger partial charge in [0.15, 0.2) is 11.5 Å². The molecule has 2 aromatic rings. The molecule has 2 rings (SSSR count). The van der Waals surface area contributed by atoms with Crippen LogP contribution in [0.25, 0.3) is 11.1 Å². The van der Waals surface area contributed by atoms with E-state index in [2.05, 4.69) is 0 Å². The molecule has 18 heavy (non-hydrogen) atoms. The molecule has 3 heteroatoms. The molecule has 0 aromatic heterocycles. The van der Waals surface area contributed by atoms with Gasteiger partial charge in [-0.15, -0.1) is 0 Å². The van der Waals surface area contributed by atoms with E-state index in [0.717, 1.165) is 5.56 Å². The zero-order chi connectivity index (χ0) is 13.3. The van der Waals surface area contributed by atoms with Crippen molar-refractivity contribution in [2.75, 3.05) is 0 Å². The molecule has 0 fully saturated rings. The molecule has 0 aliphatic carbocycles. The highest BCUT2D eigenvalue weighted by molar-refractivity contribution is 5.74. The Hall–Kier alpha value is -2.03. The van der Waals surface area contributed by atoms with E-state index in [4.69, 9.17) is 0 Å². The smallest absolute Gasteiger partial charge is 0.165 e. The highest BCUT2D eigenvalue weighted by Crippen LogP contribution is 2.39. The molecule has 0 amide bonds. The first kappa shape index (κ1) is 12.4. The van der Waals surface area contributed by atoms with E-state index in [0.29, 0.717) is 11.1 Å². The van der Waals surface area contributed by atoms with Gasteiger partial charge in [0.1, 0.15) is 5.82 Å².